The minimum absolute atomic E-state index is 0.236. The van der Waals surface area contributed by atoms with Crippen molar-refractivity contribution in [3.63, 3.8) is 0 Å². The van der Waals surface area contributed by atoms with Gasteiger partial charge in [-0.15, -0.1) is 0 Å². The first-order valence-electron chi connectivity index (χ1n) is 6.34. The molecular formula is C15H18N2O2. The summed E-state index contributed by atoms with van der Waals surface area (Å²) in [4.78, 5) is 18.0. The number of benzene rings is 1. The largest absolute Gasteiger partial charge is 0.468 e. The molecule has 2 rings (SSSR count). The molecule has 0 unspecified atom stereocenters. The van der Waals surface area contributed by atoms with Crippen molar-refractivity contribution in [3.8, 4) is 0 Å². The Balaban J connectivity index is 2.49. The van der Waals surface area contributed by atoms with Crippen LogP contribution in [0.3, 0.4) is 0 Å². The number of pyridine rings is 1. The Morgan fingerprint density at radius 3 is 2.79 bits per heavy atom. The Labute approximate surface area is 113 Å². The monoisotopic (exact) mass is 258 g/mol. The van der Waals surface area contributed by atoms with E-state index < -0.39 is 0 Å². The van der Waals surface area contributed by atoms with E-state index in [1.807, 2.05) is 49.1 Å². The summed E-state index contributed by atoms with van der Waals surface area (Å²) >= 11 is 0. The van der Waals surface area contributed by atoms with Crippen LogP contribution in [0, 0.1) is 6.92 Å². The Morgan fingerprint density at radius 2 is 2.11 bits per heavy atom. The second-order valence-corrected chi connectivity index (χ2v) is 4.39. The molecule has 1 aromatic carbocycles. The summed E-state index contributed by atoms with van der Waals surface area (Å²) in [6.07, 6.45) is 0. The molecule has 19 heavy (non-hydrogen) atoms. The van der Waals surface area contributed by atoms with Gasteiger partial charge in [0.2, 0.25) is 0 Å². The number of anilines is 1. The Hall–Kier alpha value is -2.10. The molecule has 4 nitrogen and oxygen atoms in total. The molecule has 100 valence electrons. The maximum Gasteiger partial charge on any atom is 0.325 e. The summed E-state index contributed by atoms with van der Waals surface area (Å²) in [6, 6.07) is 9.97. The van der Waals surface area contributed by atoms with Crippen LogP contribution in [0.15, 0.2) is 30.3 Å². The molecule has 0 aliphatic carbocycles. The SMILES string of the molecule is CCN(CC(=O)OC)c1cc(C)nc2ccccc12. The number of carbonyl (C=O) groups excluding carboxylic acids is 1. The molecular weight excluding hydrogens is 240 g/mol. The molecule has 0 saturated heterocycles. The van der Waals surface area contributed by atoms with Crippen LogP contribution in [0.25, 0.3) is 10.9 Å². The third-order valence-electron chi connectivity index (χ3n) is 3.09. The number of para-hydroxylation sites is 1. The molecule has 0 bridgehead atoms. The summed E-state index contributed by atoms with van der Waals surface area (Å²) in [5.74, 6) is -0.236. The summed E-state index contributed by atoms with van der Waals surface area (Å²) in [6.45, 7) is 4.97. The quantitative estimate of drug-likeness (QED) is 0.790. The maximum atomic E-state index is 11.5. The van der Waals surface area contributed by atoms with Crippen molar-refractivity contribution >= 4 is 22.6 Å². The highest BCUT2D eigenvalue weighted by Crippen LogP contribution is 2.26. The zero-order valence-corrected chi connectivity index (χ0v) is 11.5. The number of esters is 1. The number of aromatic nitrogens is 1. The van der Waals surface area contributed by atoms with Crippen molar-refractivity contribution in [2.45, 2.75) is 13.8 Å². The highest BCUT2D eigenvalue weighted by molar-refractivity contribution is 5.93. The number of likely N-dealkylation sites (N-methyl/N-ethyl adjacent to an activating group) is 1. The number of aryl methyl sites for hydroxylation is 1. The lowest BCUT2D eigenvalue weighted by Gasteiger charge is -2.23. The van der Waals surface area contributed by atoms with Crippen LogP contribution in [0.4, 0.5) is 5.69 Å². The van der Waals surface area contributed by atoms with E-state index in [1.54, 1.807) is 0 Å². The van der Waals surface area contributed by atoms with Crippen molar-refractivity contribution < 1.29 is 9.53 Å². The highest BCUT2D eigenvalue weighted by Gasteiger charge is 2.13. The highest BCUT2D eigenvalue weighted by atomic mass is 16.5. The van der Waals surface area contributed by atoms with Crippen molar-refractivity contribution in [1.29, 1.82) is 0 Å². The average molecular weight is 258 g/mol. The van der Waals surface area contributed by atoms with Gasteiger partial charge in [0, 0.05) is 23.3 Å². The van der Waals surface area contributed by atoms with E-state index in [4.69, 9.17) is 4.74 Å². The van der Waals surface area contributed by atoms with Crippen LogP contribution in [0.2, 0.25) is 0 Å². The zero-order valence-electron chi connectivity index (χ0n) is 11.5. The molecule has 1 heterocycles. The number of ether oxygens (including phenoxy) is 1. The molecule has 0 fully saturated rings. The van der Waals surface area contributed by atoms with Crippen LogP contribution >= 0.6 is 0 Å². The van der Waals surface area contributed by atoms with E-state index in [1.165, 1.54) is 7.11 Å². The van der Waals surface area contributed by atoms with Crippen molar-refractivity contribution in [2.75, 3.05) is 25.1 Å². The van der Waals surface area contributed by atoms with E-state index in [-0.39, 0.29) is 12.5 Å². The van der Waals surface area contributed by atoms with Gasteiger partial charge in [-0.05, 0) is 26.0 Å². The van der Waals surface area contributed by atoms with Crippen LogP contribution in [0.5, 0.6) is 0 Å². The van der Waals surface area contributed by atoms with Gasteiger partial charge in [-0.1, -0.05) is 18.2 Å². The van der Waals surface area contributed by atoms with Crippen LogP contribution in [-0.4, -0.2) is 31.2 Å². The second-order valence-electron chi connectivity index (χ2n) is 4.39. The van der Waals surface area contributed by atoms with Gasteiger partial charge < -0.3 is 9.64 Å². The van der Waals surface area contributed by atoms with Crippen molar-refractivity contribution in [1.82, 2.24) is 4.98 Å². The lowest BCUT2D eigenvalue weighted by molar-refractivity contribution is -0.138. The molecule has 0 aliphatic rings. The molecule has 0 aliphatic heterocycles. The van der Waals surface area contributed by atoms with Crippen molar-refractivity contribution in [2.24, 2.45) is 0 Å². The number of hydrogen-bond acceptors (Lipinski definition) is 4. The van der Waals surface area contributed by atoms with E-state index in [2.05, 4.69) is 4.98 Å². The van der Waals surface area contributed by atoms with Gasteiger partial charge in [-0.2, -0.15) is 0 Å². The number of hydrogen-bond donors (Lipinski definition) is 0. The van der Waals surface area contributed by atoms with E-state index in [0.29, 0.717) is 0 Å². The fourth-order valence-electron chi connectivity index (χ4n) is 2.13. The fourth-order valence-corrected chi connectivity index (χ4v) is 2.13. The number of fused-ring (bicyclic) bond motifs is 1. The summed E-state index contributed by atoms with van der Waals surface area (Å²) < 4.78 is 4.75. The van der Waals surface area contributed by atoms with Gasteiger partial charge in [-0.25, -0.2) is 0 Å². The summed E-state index contributed by atoms with van der Waals surface area (Å²) in [5.41, 5.74) is 2.91. The van der Waals surface area contributed by atoms with Crippen LogP contribution in [0.1, 0.15) is 12.6 Å². The topological polar surface area (TPSA) is 42.4 Å². The lowest BCUT2D eigenvalue weighted by Crippen LogP contribution is -2.30. The van der Waals surface area contributed by atoms with E-state index >= 15 is 0 Å². The molecule has 0 amide bonds. The molecule has 0 saturated carbocycles. The molecule has 0 N–H and O–H groups in total. The lowest BCUT2D eigenvalue weighted by atomic mass is 10.1. The van der Waals surface area contributed by atoms with Gasteiger partial charge in [-0.3, -0.25) is 9.78 Å². The third kappa shape index (κ3) is 2.84. The molecule has 4 heteroatoms. The first-order chi connectivity index (χ1) is 9.15. The third-order valence-corrected chi connectivity index (χ3v) is 3.09. The number of methoxy groups -OCH3 is 1. The van der Waals surface area contributed by atoms with Crippen LogP contribution < -0.4 is 4.90 Å². The van der Waals surface area contributed by atoms with Gasteiger partial charge in [0.15, 0.2) is 0 Å². The minimum Gasteiger partial charge on any atom is -0.468 e. The Morgan fingerprint density at radius 1 is 1.37 bits per heavy atom. The smallest absolute Gasteiger partial charge is 0.325 e. The minimum atomic E-state index is -0.236. The van der Waals surface area contributed by atoms with Gasteiger partial charge in [0.05, 0.1) is 12.6 Å². The van der Waals surface area contributed by atoms with Gasteiger partial charge in [0.1, 0.15) is 6.54 Å². The van der Waals surface area contributed by atoms with E-state index in [0.717, 1.165) is 28.8 Å². The second kappa shape index (κ2) is 5.69. The molecule has 0 spiro atoms. The molecule has 0 atom stereocenters. The van der Waals surface area contributed by atoms with Crippen LogP contribution in [-0.2, 0) is 9.53 Å². The van der Waals surface area contributed by atoms with Gasteiger partial charge in [0.25, 0.3) is 0 Å². The maximum absolute atomic E-state index is 11.5. The first-order valence-corrected chi connectivity index (χ1v) is 6.34. The number of carbonyl (C=O) groups is 1. The number of rotatable bonds is 4. The van der Waals surface area contributed by atoms with Crippen molar-refractivity contribution in [3.05, 3.63) is 36.0 Å². The van der Waals surface area contributed by atoms with E-state index in [9.17, 15) is 4.79 Å². The fraction of sp³-hybridized carbons (Fsp3) is 0.333. The van der Waals surface area contributed by atoms with Gasteiger partial charge >= 0.3 is 5.97 Å². The average Bonchev–Trinajstić information content (AvgIpc) is 2.43. The number of nitrogens with zero attached hydrogens (tertiary/aromatic N) is 2. The molecule has 1 aromatic heterocycles. The Kier molecular flexibility index (Phi) is 4.00. The standard InChI is InChI=1S/C15H18N2O2/c1-4-17(10-15(18)19-3)14-9-11(2)16-13-8-6-5-7-12(13)14/h5-9H,4,10H2,1-3H3. The summed E-state index contributed by atoms with van der Waals surface area (Å²) in [5, 5.41) is 1.05. The Bertz CT molecular complexity index is 596. The predicted octanol–water partition coefficient (Wildman–Crippen LogP) is 2.54. The zero-order chi connectivity index (χ0) is 13.8. The predicted molar refractivity (Wildman–Crippen MR) is 76.4 cm³/mol. The summed E-state index contributed by atoms with van der Waals surface area (Å²) in [7, 11) is 1.41. The molecule has 2 aromatic rings. The molecule has 0 radical (unpaired) electrons. The normalized spacial score (nSPS) is 10.5. The first kappa shape index (κ1) is 13.3.